The summed E-state index contributed by atoms with van der Waals surface area (Å²) in [6.07, 6.45) is 0. The molecule has 1 heterocycles. The number of hydrogen-bond donors (Lipinski definition) is 2. The average Bonchev–Trinajstić information content (AvgIpc) is 2.56. The van der Waals surface area contributed by atoms with Crippen LogP contribution in [0.3, 0.4) is 0 Å². The van der Waals surface area contributed by atoms with Gasteiger partial charge in [-0.2, -0.15) is 0 Å². The second kappa shape index (κ2) is 5.76. The van der Waals surface area contributed by atoms with Crippen LogP contribution in [0.1, 0.15) is 12.6 Å². The zero-order valence-corrected chi connectivity index (χ0v) is 11.7. The first-order chi connectivity index (χ1) is 7.86. The fourth-order valence-electron chi connectivity index (χ4n) is 1.09. The van der Waals surface area contributed by atoms with Gasteiger partial charge in [0.25, 0.3) is 10.0 Å². The van der Waals surface area contributed by atoms with E-state index in [1.54, 1.807) is 13.8 Å². The van der Waals surface area contributed by atoms with Crippen molar-refractivity contribution in [2.45, 2.75) is 18.1 Å². The molecule has 0 fully saturated rings. The number of amides is 1. The van der Waals surface area contributed by atoms with Crippen LogP contribution in [0.25, 0.3) is 0 Å². The third kappa shape index (κ3) is 3.91. The van der Waals surface area contributed by atoms with Crippen LogP contribution >= 0.6 is 22.9 Å². The van der Waals surface area contributed by atoms with Crippen LogP contribution in [0.2, 0.25) is 4.47 Å². The van der Waals surface area contributed by atoms with Crippen molar-refractivity contribution >= 4 is 38.9 Å². The number of aryl methyl sites for hydroxylation is 1. The van der Waals surface area contributed by atoms with Crippen molar-refractivity contribution < 1.29 is 13.2 Å². The van der Waals surface area contributed by atoms with E-state index in [2.05, 4.69) is 15.0 Å². The molecule has 17 heavy (non-hydrogen) atoms. The smallest absolute Gasteiger partial charge is 0.252 e. The zero-order valence-electron chi connectivity index (χ0n) is 9.28. The maximum Gasteiger partial charge on any atom is 0.252 e. The topological polar surface area (TPSA) is 88.2 Å². The minimum absolute atomic E-state index is 0.0341. The normalized spacial score (nSPS) is 11.5. The van der Waals surface area contributed by atoms with Gasteiger partial charge in [0, 0.05) is 6.54 Å². The SMILES string of the molecule is CCNC(=O)CNS(=O)(=O)c1sc(Cl)nc1C. The summed E-state index contributed by atoms with van der Waals surface area (Å²) in [6.45, 7) is 3.44. The molecule has 0 aliphatic carbocycles. The van der Waals surface area contributed by atoms with E-state index in [9.17, 15) is 13.2 Å². The predicted octanol–water partition coefficient (Wildman–Crippen LogP) is 0.519. The zero-order chi connectivity index (χ0) is 13.1. The molecule has 0 atom stereocenters. The second-order valence-electron chi connectivity index (χ2n) is 3.12. The van der Waals surface area contributed by atoms with Gasteiger partial charge < -0.3 is 5.32 Å². The van der Waals surface area contributed by atoms with Crippen molar-refractivity contribution in [3.8, 4) is 0 Å². The molecule has 1 rings (SSSR count). The monoisotopic (exact) mass is 297 g/mol. The van der Waals surface area contributed by atoms with E-state index in [-0.39, 0.29) is 21.1 Å². The molecule has 0 spiro atoms. The summed E-state index contributed by atoms with van der Waals surface area (Å²) in [4.78, 5) is 14.9. The van der Waals surface area contributed by atoms with E-state index in [1.165, 1.54) is 0 Å². The summed E-state index contributed by atoms with van der Waals surface area (Å²) in [5.74, 6) is -0.385. The van der Waals surface area contributed by atoms with E-state index in [0.29, 0.717) is 12.2 Å². The number of carbonyl (C=O) groups is 1. The molecule has 1 aromatic rings. The minimum Gasteiger partial charge on any atom is -0.355 e. The minimum atomic E-state index is -3.72. The Bertz CT molecular complexity index is 512. The van der Waals surface area contributed by atoms with Gasteiger partial charge in [-0.25, -0.2) is 18.1 Å². The number of nitrogens with one attached hydrogen (secondary N) is 2. The number of thiazole rings is 1. The first-order valence-corrected chi connectivity index (χ1v) is 7.44. The number of likely N-dealkylation sites (N-methyl/N-ethyl adjacent to an activating group) is 1. The van der Waals surface area contributed by atoms with Crippen LogP contribution in [-0.2, 0) is 14.8 Å². The Hall–Kier alpha value is -0.700. The highest BCUT2D eigenvalue weighted by molar-refractivity contribution is 7.91. The van der Waals surface area contributed by atoms with E-state index in [0.717, 1.165) is 11.3 Å². The molecular formula is C8H12ClN3O3S2. The van der Waals surface area contributed by atoms with Crippen LogP contribution in [-0.4, -0.2) is 32.4 Å². The van der Waals surface area contributed by atoms with Crippen molar-refractivity contribution in [3.63, 3.8) is 0 Å². The molecule has 0 saturated heterocycles. The first-order valence-electron chi connectivity index (χ1n) is 4.76. The standard InChI is InChI=1S/C8H12ClN3O3S2/c1-3-10-6(13)4-11-17(14,15)7-5(2)12-8(9)16-7/h11H,3-4H2,1-2H3,(H,10,13). The van der Waals surface area contributed by atoms with Gasteiger partial charge in [0.05, 0.1) is 12.2 Å². The average molecular weight is 298 g/mol. The number of sulfonamides is 1. The van der Waals surface area contributed by atoms with Gasteiger partial charge in [-0.15, -0.1) is 0 Å². The lowest BCUT2D eigenvalue weighted by Gasteiger charge is -2.05. The molecule has 0 radical (unpaired) electrons. The van der Waals surface area contributed by atoms with Gasteiger partial charge >= 0.3 is 0 Å². The summed E-state index contributed by atoms with van der Waals surface area (Å²) in [5, 5.41) is 2.49. The molecule has 9 heteroatoms. The van der Waals surface area contributed by atoms with Gasteiger partial charge in [-0.05, 0) is 13.8 Å². The molecule has 0 aliphatic rings. The van der Waals surface area contributed by atoms with Gasteiger partial charge in [0.1, 0.15) is 0 Å². The lowest BCUT2D eigenvalue weighted by Crippen LogP contribution is -2.36. The van der Waals surface area contributed by atoms with Crippen molar-refractivity contribution in [3.05, 3.63) is 10.2 Å². The first kappa shape index (κ1) is 14.4. The second-order valence-corrected chi connectivity index (χ2v) is 6.66. The Balaban J connectivity index is 2.76. The molecule has 2 N–H and O–H groups in total. The van der Waals surface area contributed by atoms with E-state index < -0.39 is 10.0 Å². The van der Waals surface area contributed by atoms with Gasteiger partial charge in [-0.1, -0.05) is 22.9 Å². The Labute approximate surface area is 108 Å². The number of carbonyl (C=O) groups excluding carboxylic acids is 1. The van der Waals surface area contributed by atoms with Crippen LogP contribution in [0, 0.1) is 6.92 Å². The molecule has 0 bridgehead atoms. The molecule has 0 saturated carbocycles. The highest BCUT2D eigenvalue weighted by atomic mass is 35.5. The van der Waals surface area contributed by atoms with E-state index in [4.69, 9.17) is 11.6 Å². The number of rotatable bonds is 5. The van der Waals surface area contributed by atoms with Crippen LogP contribution in [0.4, 0.5) is 0 Å². The maximum absolute atomic E-state index is 11.8. The lowest BCUT2D eigenvalue weighted by atomic mass is 10.6. The quantitative estimate of drug-likeness (QED) is 0.829. The Morgan fingerprint density at radius 2 is 2.18 bits per heavy atom. The molecular weight excluding hydrogens is 286 g/mol. The number of halogens is 1. The van der Waals surface area contributed by atoms with Crippen molar-refractivity contribution in [2.24, 2.45) is 0 Å². The van der Waals surface area contributed by atoms with Gasteiger partial charge in [-0.3, -0.25) is 4.79 Å². The van der Waals surface area contributed by atoms with E-state index in [1.807, 2.05) is 0 Å². The highest BCUT2D eigenvalue weighted by Gasteiger charge is 2.21. The largest absolute Gasteiger partial charge is 0.355 e. The van der Waals surface area contributed by atoms with Crippen LogP contribution in [0.15, 0.2) is 4.21 Å². The summed E-state index contributed by atoms with van der Waals surface area (Å²) < 4.78 is 26.0. The summed E-state index contributed by atoms with van der Waals surface area (Å²) in [7, 11) is -3.72. The summed E-state index contributed by atoms with van der Waals surface area (Å²) in [6, 6.07) is 0. The molecule has 0 aliphatic heterocycles. The summed E-state index contributed by atoms with van der Waals surface area (Å²) >= 11 is 6.48. The van der Waals surface area contributed by atoms with Gasteiger partial charge in [0.2, 0.25) is 5.91 Å². The Morgan fingerprint density at radius 3 is 2.65 bits per heavy atom. The Kier molecular flexibility index (Phi) is 4.87. The maximum atomic E-state index is 11.8. The fraction of sp³-hybridized carbons (Fsp3) is 0.500. The van der Waals surface area contributed by atoms with Crippen molar-refractivity contribution in [1.29, 1.82) is 0 Å². The number of nitrogens with zero attached hydrogens (tertiary/aromatic N) is 1. The van der Waals surface area contributed by atoms with E-state index >= 15 is 0 Å². The van der Waals surface area contributed by atoms with Crippen LogP contribution < -0.4 is 10.0 Å². The fourth-order valence-corrected chi connectivity index (χ4v) is 3.85. The molecule has 1 amide bonds. The van der Waals surface area contributed by atoms with Crippen molar-refractivity contribution in [1.82, 2.24) is 15.0 Å². The summed E-state index contributed by atoms with van der Waals surface area (Å²) in [5.41, 5.74) is 0.323. The Morgan fingerprint density at radius 1 is 1.53 bits per heavy atom. The number of hydrogen-bond acceptors (Lipinski definition) is 5. The highest BCUT2D eigenvalue weighted by Crippen LogP contribution is 2.26. The van der Waals surface area contributed by atoms with Gasteiger partial charge in [0.15, 0.2) is 8.68 Å². The third-order valence-corrected chi connectivity index (χ3v) is 5.04. The number of aromatic nitrogens is 1. The third-order valence-electron chi connectivity index (χ3n) is 1.77. The molecule has 1 aromatic heterocycles. The van der Waals surface area contributed by atoms with Crippen LogP contribution in [0.5, 0.6) is 0 Å². The predicted molar refractivity (Wildman–Crippen MR) is 65.7 cm³/mol. The lowest BCUT2D eigenvalue weighted by molar-refractivity contribution is -0.119. The molecule has 6 nitrogen and oxygen atoms in total. The van der Waals surface area contributed by atoms with Crippen molar-refractivity contribution in [2.75, 3.05) is 13.1 Å². The molecule has 0 aromatic carbocycles. The molecule has 96 valence electrons. The molecule has 0 unspecified atom stereocenters.